The van der Waals surface area contributed by atoms with E-state index in [2.05, 4.69) is 0 Å². The van der Waals surface area contributed by atoms with E-state index in [4.69, 9.17) is 10.5 Å². The molecule has 13 heavy (non-hydrogen) atoms. The molecule has 2 heteroatoms. The van der Waals surface area contributed by atoms with Crippen LogP contribution in [0.25, 0.3) is 0 Å². The number of methoxy groups -OCH3 is 1. The van der Waals surface area contributed by atoms with Crippen LogP contribution < -0.4 is 5.73 Å². The van der Waals surface area contributed by atoms with Gasteiger partial charge < -0.3 is 10.5 Å². The SMILES string of the molecule is CC.COCC(N)c1ccccc1. The average molecular weight is 181 g/mol. The van der Waals surface area contributed by atoms with E-state index in [-0.39, 0.29) is 6.04 Å². The van der Waals surface area contributed by atoms with Crippen LogP contribution in [0, 0.1) is 0 Å². The Morgan fingerprint density at radius 3 is 2.23 bits per heavy atom. The van der Waals surface area contributed by atoms with Gasteiger partial charge in [-0.1, -0.05) is 44.2 Å². The monoisotopic (exact) mass is 181 g/mol. The normalized spacial score (nSPS) is 11.4. The van der Waals surface area contributed by atoms with E-state index < -0.39 is 0 Å². The van der Waals surface area contributed by atoms with Crippen molar-refractivity contribution >= 4 is 0 Å². The molecule has 1 atom stereocenters. The van der Waals surface area contributed by atoms with E-state index >= 15 is 0 Å². The van der Waals surface area contributed by atoms with Crippen molar-refractivity contribution in [3.05, 3.63) is 35.9 Å². The molecule has 0 heterocycles. The molecule has 0 spiro atoms. The molecular formula is C11H19NO. The summed E-state index contributed by atoms with van der Waals surface area (Å²) in [7, 11) is 1.66. The van der Waals surface area contributed by atoms with Gasteiger partial charge >= 0.3 is 0 Å². The summed E-state index contributed by atoms with van der Waals surface area (Å²) in [4.78, 5) is 0. The van der Waals surface area contributed by atoms with Crippen LogP contribution in [0.1, 0.15) is 25.5 Å². The predicted molar refractivity (Wildman–Crippen MR) is 56.6 cm³/mol. The summed E-state index contributed by atoms with van der Waals surface area (Å²) in [6, 6.07) is 9.94. The molecule has 0 radical (unpaired) electrons. The van der Waals surface area contributed by atoms with E-state index in [0.717, 1.165) is 5.56 Å². The Bertz CT molecular complexity index is 199. The molecule has 2 nitrogen and oxygen atoms in total. The first-order valence-electron chi connectivity index (χ1n) is 4.64. The van der Waals surface area contributed by atoms with E-state index in [0.29, 0.717) is 6.61 Å². The molecule has 1 unspecified atom stereocenters. The number of benzene rings is 1. The van der Waals surface area contributed by atoms with Crippen molar-refractivity contribution in [1.82, 2.24) is 0 Å². The summed E-state index contributed by atoms with van der Waals surface area (Å²) < 4.78 is 4.93. The maximum absolute atomic E-state index is 5.78. The van der Waals surface area contributed by atoms with Crippen LogP contribution in [0.2, 0.25) is 0 Å². The quantitative estimate of drug-likeness (QED) is 0.777. The largest absolute Gasteiger partial charge is 0.383 e. The van der Waals surface area contributed by atoms with Crippen LogP contribution in [0.4, 0.5) is 0 Å². The van der Waals surface area contributed by atoms with Crippen LogP contribution in [0.15, 0.2) is 30.3 Å². The Kier molecular flexibility index (Phi) is 7.26. The second-order valence-corrected chi connectivity index (χ2v) is 2.47. The molecule has 0 fully saturated rings. The minimum atomic E-state index is 0.00111. The number of ether oxygens (including phenoxy) is 1. The van der Waals surface area contributed by atoms with Gasteiger partial charge in [-0.15, -0.1) is 0 Å². The highest BCUT2D eigenvalue weighted by atomic mass is 16.5. The van der Waals surface area contributed by atoms with Gasteiger partial charge in [0.1, 0.15) is 0 Å². The molecular weight excluding hydrogens is 162 g/mol. The highest BCUT2D eigenvalue weighted by Crippen LogP contribution is 2.08. The maximum atomic E-state index is 5.78. The lowest BCUT2D eigenvalue weighted by atomic mass is 10.1. The summed E-state index contributed by atoms with van der Waals surface area (Å²) in [5.74, 6) is 0. The van der Waals surface area contributed by atoms with Crippen molar-refractivity contribution in [2.45, 2.75) is 19.9 Å². The molecule has 1 aromatic rings. The Balaban J connectivity index is 0.000000671. The molecule has 74 valence electrons. The molecule has 0 saturated carbocycles. The molecule has 0 amide bonds. The molecule has 0 saturated heterocycles. The molecule has 0 bridgehead atoms. The van der Waals surface area contributed by atoms with Gasteiger partial charge in [-0.25, -0.2) is 0 Å². The summed E-state index contributed by atoms with van der Waals surface area (Å²) in [5.41, 5.74) is 6.90. The van der Waals surface area contributed by atoms with Gasteiger partial charge in [0.15, 0.2) is 0 Å². The first kappa shape index (κ1) is 12.1. The Hall–Kier alpha value is -0.860. The van der Waals surface area contributed by atoms with Crippen molar-refractivity contribution in [1.29, 1.82) is 0 Å². The van der Waals surface area contributed by atoms with Gasteiger partial charge in [0.2, 0.25) is 0 Å². The zero-order valence-electron chi connectivity index (χ0n) is 8.66. The Labute approximate surface area is 80.7 Å². The third kappa shape index (κ3) is 4.65. The fourth-order valence-electron chi connectivity index (χ4n) is 0.976. The van der Waals surface area contributed by atoms with Crippen molar-refractivity contribution in [3.8, 4) is 0 Å². The van der Waals surface area contributed by atoms with Crippen LogP contribution in [-0.2, 0) is 4.74 Å². The van der Waals surface area contributed by atoms with Crippen LogP contribution in [0.5, 0.6) is 0 Å². The van der Waals surface area contributed by atoms with Gasteiger partial charge in [-0.2, -0.15) is 0 Å². The first-order valence-corrected chi connectivity index (χ1v) is 4.64. The highest BCUT2D eigenvalue weighted by Gasteiger charge is 2.02. The minimum absolute atomic E-state index is 0.00111. The number of rotatable bonds is 3. The van der Waals surface area contributed by atoms with Crippen LogP contribution in [-0.4, -0.2) is 13.7 Å². The van der Waals surface area contributed by atoms with Crippen LogP contribution >= 0.6 is 0 Å². The number of hydrogen-bond donors (Lipinski definition) is 1. The summed E-state index contributed by atoms with van der Waals surface area (Å²) >= 11 is 0. The molecule has 0 aliphatic rings. The molecule has 0 aromatic heterocycles. The zero-order valence-corrected chi connectivity index (χ0v) is 8.66. The second kappa shape index (κ2) is 7.77. The minimum Gasteiger partial charge on any atom is -0.383 e. The van der Waals surface area contributed by atoms with Gasteiger partial charge in [-0.05, 0) is 5.56 Å². The number of hydrogen-bond acceptors (Lipinski definition) is 2. The molecule has 2 N–H and O–H groups in total. The summed E-state index contributed by atoms with van der Waals surface area (Å²) in [6.07, 6.45) is 0. The van der Waals surface area contributed by atoms with Crippen molar-refractivity contribution in [2.75, 3.05) is 13.7 Å². The van der Waals surface area contributed by atoms with Crippen molar-refractivity contribution in [3.63, 3.8) is 0 Å². The van der Waals surface area contributed by atoms with Gasteiger partial charge in [0.05, 0.1) is 12.6 Å². The smallest absolute Gasteiger partial charge is 0.0655 e. The van der Waals surface area contributed by atoms with Gasteiger partial charge in [0, 0.05) is 7.11 Å². The summed E-state index contributed by atoms with van der Waals surface area (Å²) in [5, 5.41) is 0. The number of nitrogens with two attached hydrogens (primary N) is 1. The first-order chi connectivity index (χ1) is 6.34. The lowest BCUT2D eigenvalue weighted by molar-refractivity contribution is 0.181. The molecule has 0 aliphatic carbocycles. The standard InChI is InChI=1S/C9H13NO.C2H6/c1-11-7-9(10)8-5-3-2-4-6-8;1-2/h2-6,9H,7,10H2,1H3;1-2H3. The van der Waals surface area contributed by atoms with Gasteiger partial charge in [-0.3, -0.25) is 0 Å². The fourth-order valence-corrected chi connectivity index (χ4v) is 0.976. The van der Waals surface area contributed by atoms with Crippen molar-refractivity contribution in [2.24, 2.45) is 5.73 Å². The van der Waals surface area contributed by atoms with Crippen LogP contribution in [0.3, 0.4) is 0 Å². The Morgan fingerprint density at radius 2 is 1.77 bits per heavy atom. The third-order valence-corrected chi connectivity index (χ3v) is 1.57. The third-order valence-electron chi connectivity index (χ3n) is 1.57. The highest BCUT2D eigenvalue weighted by molar-refractivity contribution is 5.18. The average Bonchev–Trinajstić information content (AvgIpc) is 2.23. The van der Waals surface area contributed by atoms with E-state index in [1.807, 2.05) is 44.2 Å². The molecule has 1 aromatic carbocycles. The lowest BCUT2D eigenvalue weighted by Gasteiger charge is -2.09. The zero-order chi connectivity index (χ0) is 10.1. The lowest BCUT2D eigenvalue weighted by Crippen LogP contribution is -2.15. The van der Waals surface area contributed by atoms with Gasteiger partial charge in [0.25, 0.3) is 0 Å². The fraction of sp³-hybridized carbons (Fsp3) is 0.455. The van der Waals surface area contributed by atoms with E-state index in [1.54, 1.807) is 7.11 Å². The molecule has 0 aliphatic heterocycles. The predicted octanol–water partition coefficient (Wildman–Crippen LogP) is 2.36. The van der Waals surface area contributed by atoms with Crippen molar-refractivity contribution < 1.29 is 4.74 Å². The topological polar surface area (TPSA) is 35.2 Å². The molecule has 1 rings (SSSR count). The Morgan fingerprint density at radius 1 is 1.23 bits per heavy atom. The van der Waals surface area contributed by atoms with E-state index in [1.165, 1.54) is 0 Å². The summed E-state index contributed by atoms with van der Waals surface area (Å²) in [6.45, 7) is 4.57. The maximum Gasteiger partial charge on any atom is 0.0655 e. The van der Waals surface area contributed by atoms with E-state index in [9.17, 15) is 0 Å². The second-order valence-electron chi connectivity index (χ2n) is 2.47.